The molecule has 1 aliphatic heterocycles. The van der Waals surface area contributed by atoms with Crippen molar-refractivity contribution in [1.29, 1.82) is 0 Å². The van der Waals surface area contributed by atoms with Gasteiger partial charge in [-0.1, -0.05) is 62.9 Å². The first-order valence-electron chi connectivity index (χ1n) is 10.1. The minimum Gasteiger partial charge on any atom is -0.497 e. The van der Waals surface area contributed by atoms with Crippen LogP contribution in [0.1, 0.15) is 25.0 Å². The van der Waals surface area contributed by atoms with Crippen molar-refractivity contribution in [2.24, 2.45) is 5.41 Å². The van der Waals surface area contributed by atoms with Crippen LogP contribution in [-0.4, -0.2) is 43.1 Å². The molecule has 1 aliphatic rings. The van der Waals surface area contributed by atoms with E-state index in [2.05, 4.69) is 6.58 Å². The zero-order valence-corrected chi connectivity index (χ0v) is 18.5. The number of nitrogens with zero attached hydrogens (tertiary/aromatic N) is 1. The molecule has 6 heteroatoms. The first-order chi connectivity index (χ1) is 14.8. The standard InChI is InChI=1S/C25H29NO5/c1-18-22(27)26(15-19-11-13-21(29-4)14-12-19)25(23(28)30-5,24(18,2)3)17-31-16-20-9-7-6-8-10-20/h6-14H,1,15-17H2,2-5H3/t25-/m1/s1. The van der Waals surface area contributed by atoms with Gasteiger partial charge in [-0.2, -0.15) is 0 Å². The maximum Gasteiger partial charge on any atom is 0.335 e. The van der Waals surface area contributed by atoms with Gasteiger partial charge in [0, 0.05) is 17.5 Å². The lowest BCUT2D eigenvalue weighted by Crippen LogP contribution is -2.61. The minimum atomic E-state index is -1.34. The Kier molecular flexibility index (Phi) is 6.51. The number of benzene rings is 2. The summed E-state index contributed by atoms with van der Waals surface area (Å²) >= 11 is 0. The molecular formula is C25H29NO5. The van der Waals surface area contributed by atoms with E-state index in [-0.39, 0.29) is 19.1 Å². The molecule has 1 heterocycles. The van der Waals surface area contributed by atoms with Crippen LogP contribution in [0.2, 0.25) is 0 Å². The van der Waals surface area contributed by atoms with E-state index in [4.69, 9.17) is 14.2 Å². The summed E-state index contributed by atoms with van der Waals surface area (Å²) in [5.74, 6) is -0.0905. The van der Waals surface area contributed by atoms with Gasteiger partial charge >= 0.3 is 5.97 Å². The second kappa shape index (κ2) is 8.94. The second-order valence-electron chi connectivity index (χ2n) is 8.17. The van der Waals surface area contributed by atoms with Crippen LogP contribution in [0, 0.1) is 5.41 Å². The highest BCUT2D eigenvalue weighted by Crippen LogP contribution is 2.50. The van der Waals surface area contributed by atoms with Gasteiger partial charge in [-0.15, -0.1) is 0 Å². The Labute approximate surface area is 183 Å². The van der Waals surface area contributed by atoms with Gasteiger partial charge in [0.1, 0.15) is 5.75 Å². The van der Waals surface area contributed by atoms with Gasteiger partial charge in [-0.05, 0) is 23.3 Å². The summed E-state index contributed by atoms with van der Waals surface area (Å²) in [6.45, 7) is 8.20. The van der Waals surface area contributed by atoms with Crippen LogP contribution in [0.5, 0.6) is 5.75 Å². The van der Waals surface area contributed by atoms with Gasteiger partial charge in [-0.3, -0.25) is 4.79 Å². The van der Waals surface area contributed by atoms with Gasteiger partial charge in [-0.25, -0.2) is 4.79 Å². The molecule has 2 aromatic rings. The lowest BCUT2D eigenvalue weighted by Gasteiger charge is -2.43. The summed E-state index contributed by atoms with van der Waals surface area (Å²) in [7, 11) is 2.92. The smallest absolute Gasteiger partial charge is 0.335 e. The number of ether oxygens (including phenoxy) is 3. The molecule has 6 nitrogen and oxygen atoms in total. The normalized spacial score (nSPS) is 20.1. The monoisotopic (exact) mass is 423 g/mol. The van der Waals surface area contributed by atoms with Crippen molar-refractivity contribution in [2.75, 3.05) is 20.8 Å². The van der Waals surface area contributed by atoms with Gasteiger partial charge in [0.2, 0.25) is 0 Å². The highest BCUT2D eigenvalue weighted by Gasteiger charge is 2.65. The Bertz CT molecular complexity index is 952. The number of rotatable bonds is 8. The molecule has 1 fully saturated rings. The molecule has 3 rings (SSSR count). The van der Waals surface area contributed by atoms with E-state index in [9.17, 15) is 9.59 Å². The van der Waals surface area contributed by atoms with E-state index in [1.807, 2.05) is 68.4 Å². The van der Waals surface area contributed by atoms with Gasteiger partial charge < -0.3 is 19.1 Å². The van der Waals surface area contributed by atoms with Gasteiger partial charge in [0.05, 0.1) is 27.4 Å². The van der Waals surface area contributed by atoms with Crippen molar-refractivity contribution in [3.8, 4) is 5.75 Å². The SMILES string of the molecule is C=C1C(=O)N(Cc2ccc(OC)cc2)[C@](COCc2ccccc2)(C(=O)OC)C1(C)C. The molecule has 1 saturated heterocycles. The lowest BCUT2D eigenvalue weighted by atomic mass is 9.71. The predicted molar refractivity (Wildman–Crippen MR) is 117 cm³/mol. The summed E-state index contributed by atoms with van der Waals surface area (Å²) in [4.78, 5) is 28.0. The van der Waals surface area contributed by atoms with Crippen LogP contribution in [0.25, 0.3) is 0 Å². The fourth-order valence-corrected chi connectivity index (χ4v) is 4.05. The van der Waals surface area contributed by atoms with Gasteiger partial charge in [0.25, 0.3) is 5.91 Å². The minimum absolute atomic E-state index is 0.0114. The fourth-order valence-electron chi connectivity index (χ4n) is 4.05. The van der Waals surface area contributed by atoms with Crippen molar-refractivity contribution >= 4 is 11.9 Å². The maximum atomic E-state index is 13.3. The third-order valence-electron chi connectivity index (χ3n) is 6.20. The molecule has 31 heavy (non-hydrogen) atoms. The lowest BCUT2D eigenvalue weighted by molar-refractivity contribution is -0.169. The number of methoxy groups -OCH3 is 2. The van der Waals surface area contributed by atoms with Crippen molar-refractivity contribution < 1.29 is 23.8 Å². The van der Waals surface area contributed by atoms with Crippen LogP contribution in [-0.2, 0) is 32.2 Å². The van der Waals surface area contributed by atoms with Crippen molar-refractivity contribution in [1.82, 2.24) is 4.90 Å². The summed E-state index contributed by atoms with van der Waals surface area (Å²) in [6, 6.07) is 17.1. The van der Waals surface area contributed by atoms with E-state index in [1.54, 1.807) is 7.11 Å². The first-order valence-corrected chi connectivity index (χ1v) is 10.1. The number of hydrogen-bond donors (Lipinski definition) is 0. The summed E-state index contributed by atoms with van der Waals surface area (Å²) < 4.78 is 16.4. The molecule has 0 spiro atoms. The highest BCUT2D eigenvalue weighted by molar-refractivity contribution is 6.04. The Hall–Kier alpha value is -3.12. The summed E-state index contributed by atoms with van der Waals surface area (Å²) in [5, 5.41) is 0. The van der Waals surface area contributed by atoms with Crippen LogP contribution in [0.3, 0.4) is 0 Å². The number of hydrogen-bond acceptors (Lipinski definition) is 5. The molecule has 0 unspecified atom stereocenters. The molecule has 0 aliphatic carbocycles. The topological polar surface area (TPSA) is 65.1 Å². The second-order valence-corrected chi connectivity index (χ2v) is 8.17. The average Bonchev–Trinajstić information content (AvgIpc) is 2.93. The molecule has 164 valence electrons. The maximum absolute atomic E-state index is 13.3. The average molecular weight is 424 g/mol. The van der Waals surface area contributed by atoms with Crippen molar-refractivity contribution in [3.05, 3.63) is 77.9 Å². The Balaban J connectivity index is 1.96. The first kappa shape index (κ1) is 22.6. The molecule has 0 bridgehead atoms. The largest absolute Gasteiger partial charge is 0.497 e. The van der Waals surface area contributed by atoms with Crippen molar-refractivity contribution in [3.63, 3.8) is 0 Å². The zero-order chi connectivity index (χ0) is 22.6. The molecule has 2 aromatic carbocycles. The molecule has 0 radical (unpaired) electrons. The molecular weight excluding hydrogens is 394 g/mol. The summed E-state index contributed by atoms with van der Waals surface area (Å²) in [6.07, 6.45) is 0. The fraction of sp³-hybridized carbons (Fsp3) is 0.360. The Morgan fingerprint density at radius 1 is 1.00 bits per heavy atom. The molecule has 0 N–H and O–H groups in total. The number of esters is 1. The Morgan fingerprint density at radius 3 is 2.23 bits per heavy atom. The highest BCUT2D eigenvalue weighted by atomic mass is 16.5. The zero-order valence-electron chi connectivity index (χ0n) is 18.5. The number of amides is 1. The number of likely N-dealkylation sites (tertiary alicyclic amines) is 1. The van der Waals surface area contributed by atoms with E-state index < -0.39 is 16.9 Å². The van der Waals surface area contributed by atoms with Crippen LogP contribution >= 0.6 is 0 Å². The van der Waals surface area contributed by atoms with Crippen molar-refractivity contribution in [2.45, 2.75) is 32.5 Å². The predicted octanol–water partition coefficient (Wildman–Crippen LogP) is 3.75. The van der Waals surface area contributed by atoms with E-state index in [0.29, 0.717) is 17.9 Å². The molecule has 0 aromatic heterocycles. The number of carbonyl (C=O) groups excluding carboxylic acids is 2. The molecule has 0 saturated carbocycles. The van der Waals surface area contributed by atoms with E-state index in [1.165, 1.54) is 12.0 Å². The van der Waals surface area contributed by atoms with E-state index >= 15 is 0 Å². The number of carbonyl (C=O) groups is 2. The third-order valence-corrected chi connectivity index (χ3v) is 6.20. The molecule has 1 atom stereocenters. The third kappa shape index (κ3) is 3.95. The molecule has 1 amide bonds. The summed E-state index contributed by atoms with van der Waals surface area (Å²) in [5.41, 5.74) is -0.0406. The quantitative estimate of drug-likeness (QED) is 0.478. The van der Waals surface area contributed by atoms with Crippen LogP contribution in [0.15, 0.2) is 66.7 Å². The van der Waals surface area contributed by atoms with Crippen LogP contribution in [0.4, 0.5) is 0 Å². The van der Waals surface area contributed by atoms with Gasteiger partial charge in [0.15, 0.2) is 5.54 Å². The Morgan fingerprint density at radius 2 is 1.65 bits per heavy atom. The van der Waals surface area contributed by atoms with Crippen LogP contribution < -0.4 is 4.74 Å². The van der Waals surface area contributed by atoms with E-state index in [0.717, 1.165) is 11.1 Å².